The highest BCUT2D eigenvalue weighted by Crippen LogP contribution is 2.25. The van der Waals surface area contributed by atoms with E-state index in [-0.39, 0.29) is 0 Å². The number of thiazole rings is 1. The van der Waals surface area contributed by atoms with Gasteiger partial charge in [-0.2, -0.15) is 0 Å². The van der Waals surface area contributed by atoms with E-state index in [1.54, 1.807) is 11.3 Å². The lowest BCUT2D eigenvalue weighted by Gasteiger charge is -2.31. The van der Waals surface area contributed by atoms with Gasteiger partial charge >= 0.3 is 0 Å². The molecule has 0 amide bonds. The zero-order valence-corrected chi connectivity index (χ0v) is 11.0. The van der Waals surface area contributed by atoms with E-state index in [4.69, 9.17) is 0 Å². The van der Waals surface area contributed by atoms with Gasteiger partial charge in [0.15, 0.2) is 5.13 Å². The molecule has 90 valence electrons. The first-order valence-corrected chi connectivity index (χ1v) is 7.05. The van der Waals surface area contributed by atoms with Crippen molar-refractivity contribution in [2.24, 2.45) is 5.92 Å². The molecule has 1 aromatic rings. The Morgan fingerprint density at radius 3 is 2.81 bits per heavy atom. The molecule has 0 unspecified atom stereocenters. The molecule has 1 aromatic heterocycles. The third-order valence-electron chi connectivity index (χ3n) is 3.17. The first-order chi connectivity index (χ1) is 7.79. The van der Waals surface area contributed by atoms with Crippen molar-refractivity contribution in [2.75, 3.05) is 31.1 Å². The Morgan fingerprint density at radius 1 is 1.50 bits per heavy atom. The van der Waals surface area contributed by atoms with Gasteiger partial charge in [-0.1, -0.05) is 6.92 Å². The normalized spacial score (nSPS) is 18.0. The minimum atomic E-state index is 0.859. The van der Waals surface area contributed by atoms with E-state index in [2.05, 4.69) is 34.4 Å². The van der Waals surface area contributed by atoms with E-state index in [0.29, 0.717) is 0 Å². The molecule has 4 heteroatoms. The van der Waals surface area contributed by atoms with Crippen molar-refractivity contribution in [2.45, 2.75) is 26.7 Å². The molecule has 0 aromatic carbocycles. The van der Waals surface area contributed by atoms with E-state index < -0.39 is 0 Å². The Balaban J connectivity index is 1.81. The molecule has 0 atom stereocenters. The van der Waals surface area contributed by atoms with Crippen LogP contribution in [0.15, 0.2) is 5.38 Å². The number of hydrogen-bond donors (Lipinski definition) is 1. The smallest absolute Gasteiger partial charge is 0.185 e. The van der Waals surface area contributed by atoms with Crippen LogP contribution in [0.5, 0.6) is 0 Å². The van der Waals surface area contributed by atoms with Crippen molar-refractivity contribution in [1.29, 1.82) is 0 Å². The topological polar surface area (TPSA) is 28.2 Å². The van der Waals surface area contributed by atoms with Crippen LogP contribution in [0.25, 0.3) is 0 Å². The Kier molecular flexibility index (Phi) is 4.18. The molecule has 2 rings (SSSR count). The lowest BCUT2D eigenvalue weighted by atomic mass is 9.97. The third-order valence-corrected chi connectivity index (χ3v) is 4.19. The van der Waals surface area contributed by atoms with Gasteiger partial charge in [0.1, 0.15) is 0 Å². The number of hydrogen-bond acceptors (Lipinski definition) is 4. The molecule has 0 spiro atoms. The predicted octanol–water partition coefficient (Wildman–Crippen LogP) is 2.28. The summed E-state index contributed by atoms with van der Waals surface area (Å²) in [6.45, 7) is 8.85. The summed E-state index contributed by atoms with van der Waals surface area (Å²) in [5, 5.41) is 6.79. The fraction of sp³-hybridized carbons (Fsp3) is 0.750. The van der Waals surface area contributed by atoms with E-state index in [0.717, 1.165) is 18.2 Å². The van der Waals surface area contributed by atoms with Crippen molar-refractivity contribution in [3.05, 3.63) is 11.1 Å². The lowest BCUT2D eigenvalue weighted by Crippen LogP contribution is -2.37. The zero-order valence-electron chi connectivity index (χ0n) is 10.2. The fourth-order valence-corrected chi connectivity index (χ4v) is 3.02. The summed E-state index contributed by atoms with van der Waals surface area (Å²) in [5.74, 6) is 0.859. The maximum absolute atomic E-state index is 4.55. The zero-order chi connectivity index (χ0) is 11.4. The summed E-state index contributed by atoms with van der Waals surface area (Å²) < 4.78 is 0. The predicted molar refractivity (Wildman–Crippen MR) is 70.3 cm³/mol. The Hall–Kier alpha value is -0.610. The van der Waals surface area contributed by atoms with E-state index in [9.17, 15) is 0 Å². The van der Waals surface area contributed by atoms with Crippen LogP contribution in [0, 0.1) is 12.8 Å². The highest BCUT2D eigenvalue weighted by atomic mass is 32.1. The molecule has 0 radical (unpaired) electrons. The average Bonchev–Trinajstić information content (AvgIpc) is 2.74. The van der Waals surface area contributed by atoms with Crippen LogP contribution in [-0.4, -0.2) is 31.2 Å². The molecule has 1 aliphatic heterocycles. The van der Waals surface area contributed by atoms with Gasteiger partial charge in [-0.05, 0) is 38.8 Å². The lowest BCUT2D eigenvalue weighted by molar-refractivity contribution is 0.386. The number of piperidine rings is 1. The quantitative estimate of drug-likeness (QED) is 0.873. The molecular weight excluding hydrogens is 218 g/mol. The summed E-state index contributed by atoms with van der Waals surface area (Å²) >= 11 is 1.77. The van der Waals surface area contributed by atoms with Crippen LogP contribution < -0.4 is 10.2 Å². The first-order valence-electron chi connectivity index (χ1n) is 6.17. The van der Waals surface area contributed by atoms with Crippen molar-refractivity contribution in [3.63, 3.8) is 0 Å². The Labute approximate surface area is 102 Å². The van der Waals surface area contributed by atoms with Gasteiger partial charge in [0, 0.05) is 18.5 Å². The molecule has 0 saturated carbocycles. The first kappa shape index (κ1) is 11.9. The van der Waals surface area contributed by atoms with Gasteiger partial charge < -0.3 is 10.2 Å². The molecule has 3 nitrogen and oxygen atoms in total. The molecule has 1 N–H and O–H groups in total. The second-order valence-corrected chi connectivity index (χ2v) is 5.35. The standard InChI is InChI=1S/C12H21N3S/c1-3-13-8-11-4-6-15(7-5-11)12-14-10(2)9-16-12/h9,11,13H,3-8H2,1-2H3. The van der Waals surface area contributed by atoms with Crippen molar-refractivity contribution in [1.82, 2.24) is 10.3 Å². The molecule has 0 aliphatic carbocycles. The second kappa shape index (κ2) is 5.64. The van der Waals surface area contributed by atoms with Crippen LogP contribution in [0.1, 0.15) is 25.5 Å². The van der Waals surface area contributed by atoms with Crippen molar-refractivity contribution >= 4 is 16.5 Å². The largest absolute Gasteiger partial charge is 0.348 e. The van der Waals surface area contributed by atoms with Crippen LogP contribution in [0.4, 0.5) is 5.13 Å². The molecule has 16 heavy (non-hydrogen) atoms. The van der Waals surface area contributed by atoms with Gasteiger partial charge in [-0.25, -0.2) is 4.98 Å². The molecular formula is C12H21N3S. The van der Waals surface area contributed by atoms with Crippen LogP contribution in [0.3, 0.4) is 0 Å². The highest BCUT2D eigenvalue weighted by Gasteiger charge is 2.20. The van der Waals surface area contributed by atoms with Gasteiger partial charge in [0.2, 0.25) is 0 Å². The number of aryl methyl sites for hydroxylation is 1. The van der Waals surface area contributed by atoms with Crippen LogP contribution in [0.2, 0.25) is 0 Å². The third kappa shape index (κ3) is 2.95. The number of nitrogens with one attached hydrogen (secondary N) is 1. The minimum Gasteiger partial charge on any atom is -0.348 e. The summed E-state index contributed by atoms with van der Waals surface area (Å²) in [6, 6.07) is 0. The molecule has 2 heterocycles. The number of rotatable bonds is 4. The SMILES string of the molecule is CCNCC1CCN(c2nc(C)cs2)CC1. The molecule has 1 saturated heterocycles. The maximum Gasteiger partial charge on any atom is 0.185 e. The Morgan fingerprint density at radius 2 is 2.25 bits per heavy atom. The maximum atomic E-state index is 4.55. The second-order valence-electron chi connectivity index (χ2n) is 4.51. The molecule has 1 fully saturated rings. The van der Waals surface area contributed by atoms with E-state index >= 15 is 0 Å². The summed E-state index contributed by atoms with van der Waals surface area (Å²) in [5.41, 5.74) is 1.15. The summed E-state index contributed by atoms with van der Waals surface area (Å²) in [6.07, 6.45) is 2.59. The summed E-state index contributed by atoms with van der Waals surface area (Å²) in [7, 11) is 0. The van der Waals surface area contributed by atoms with Crippen molar-refractivity contribution in [3.8, 4) is 0 Å². The van der Waals surface area contributed by atoms with Gasteiger partial charge in [-0.3, -0.25) is 0 Å². The van der Waals surface area contributed by atoms with Gasteiger partial charge in [0.05, 0.1) is 5.69 Å². The number of nitrogens with zero attached hydrogens (tertiary/aromatic N) is 2. The van der Waals surface area contributed by atoms with Crippen LogP contribution >= 0.6 is 11.3 Å². The minimum absolute atomic E-state index is 0.859. The highest BCUT2D eigenvalue weighted by molar-refractivity contribution is 7.13. The Bertz CT molecular complexity index is 316. The number of anilines is 1. The van der Waals surface area contributed by atoms with E-state index in [1.165, 1.54) is 37.6 Å². The number of aromatic nitrogens is 1. The fourth-order valence-electron chi connectivity index (χ4n) is 2.16. The van der Waals surface area contributed by atoms with Crippen molar-refractivity contribution < 1.29 is 0 Å². The average molecular weight is 239 g/mol. The molecule has 0 bridgehead atoms. The monoisotopic (exact) mass is 239 g/mol. The van der Waals surface area contributed by atoms with Gasteiger partial charge in [0.25, 0.3) is 0 Å². The molecule has 1 aliphatic rings. The van der Waals surface area contributed by atoms with E-state index in [1.807, 2.05) is 0 Å². The summed E-state index contributed by atoms with van der Waals surface area (Å²) in [4.78, 5) is 6.98. The van der Waals surface area contributed by atoms with Crippen LogP contribution in [-0.2, 0) is 0 Å². The van der Waals surface area contributed by atoms with Gasteiger partial charge in [-0.15, -0.1) is 11.3 Å².